The van der Waals surface area contributed by atoms with Crippen LogP contribution in [-0.4, -0.2) is 23.8 Å². The number of carbonyl (C=O) groups is 1. The summed E-state index contributed by atoms with van der Waals surface area (Å²) in [5.41, 5.74) is -0.901. The summed E-state index contributed by atoms with van der Waals surface area (Å²) in [5, 5.41) is 9.23. The van der Waals surface area contributed by atoms with Gasteiger partial charge in [-0.05, 0) is 39.5 Å². The van der Waals surface area contributed by atoms with E-state index in [1.54, 1.807) is 7.11 Å². The minimum atomic E-state index is -0.718. The quantitative estimate of drug-likeness (QED) is 0.742. The van der Waals surface area contributed by atoms with E-state index in [2.05, 4.69) is 0 Å². The summed E-state index contributed by atoms with van der Waals surface area (Å²) in [7, 11) is 1.66. The molecule has 0 radical (unpaired) electrons. The van der Waals surface area contributed by atoms with Crippen molar-refractivity contribution in [1.82, 2.24) is 0 Å². The van der Waals surface area contributed by atoms with Gasteiger partial charge in [0.15, 0.2) is 0 Å². The zero-order chi connectivity index (χ0) is 12.3. The molecule has 0 fully saturated rings. The van der Waals surface area contributed by atoms with Crippen LogP contribution < -0.4 is 0 Å². The Morgan fingerprint density at radius 1 is 1.27 bits per heavy atom. The fraction of sp³-hybridized carbons (Fsp3) is 0.917. The summed E-state index contributed by atoms with van der Waals surface area (Å²) in [6.07, 6.45) is 1.39. The van der Waals surface area contributed by atoms with Gasteiger partial charge in [0.1, 0.15) is 0 Å². The van der Waals surface area contributed by atoms with Gasteiger partial charge < -0.3 is 9.84 Å². The van der Waals surface area contributed by atoms with E-state index in [-0.39, 0.29) is 11.5 Å². The molecule has 0 amide bonds. The average Bonchev–Trinajstić information content (AvgIpc) is 2.13. The van der Waals surface area contributed by atoms with Crippen molar-refractivity contribution in [2.75, 3.05) is 7.11 Å². The molecule has 0 spiro atoms. The van der Waals surface area contributed by atoms with Crippen LogP contribution >= 0.6 is 0 Å². The van der Waals surface area contributed by atoms with E-state index in [1.165, 1.54) is 0 Å². The van der Waals surface area contributed by atoms with E-state index in [0.717, 1.165) is 6.42 Å². The number of hydrogen-bond acceptors (Lipinski definition) is 2. The third-order valence-electron chi connectivity index (χ3n) is 3.56. The molecular weight excluding hydrogens is 192 g/mol. The minimum Gasteiger partial charge on any atom is -0.481 e. The number of ether oxygens (including phenoxy) is 1. The summed E-state index contributed by atoms with van der Waals surface area (Å²) >= 11 is 0. The van der Waals surface area contributed by atoms with Crippen molar-refractivity contribution in [1.29, 1.82) is 0 Å². The predicted octanol–water partition coefficient (Wildman–Crippen LogP) is 2.94. The number of carboxylic acids is 1. The van der Waals surface area contributed by atoms with E-state index in [1.807, 2.05) is 34.6 Å². The van der Waals surface area contributed by atoms with Gasteiger partial charge in [-0.2, -0.15) is 0 Å². The second-order valence-corrected chi connectivity index (χ2v) is 5.34. The second kappa shape index (κ2) is 4.97. The summed E-state index contributed by atoms with van der Waals surface area (Å²) < 4.78 is 5.30. The van der Waals surface area contributed by atoms with Gasteiger partial charge >= 0.3 is 5.97 Å². The fourth-order valence-electron chi connectivity index (χ4n) is 1.31. The van der Waals surface area contributed by atoms with Gasteiger partial charge in [-0.25, -0.2) is 0 Å². The van der Waals surface area contributed by atoms with Crippen molar-refractivity contribution in [2.45, 2.75) is 53.1 Å². The lowest BCUT2D eigenvalue weighted by Crippen LogP contribution is -2.36. The lowest BCUT2D eigenvalue weighted by atomic mass is 9.74. The van der Waals surface area contributed by atoms with Crippen LogP contribution in [0.15, 0.2) is 0 Å². The Hall–Kier alpha value is -0.570. The van der Waals surface area contributed by atoms with Gasteiger partial charge in [0.05, 0.1) is 11.0 Å². The molecule has 3 nitrogen and oxygen atoms in total. The Bertz CT molecular complexity index is 221. The third kappa shape index (κ3) is 3.82. The van der Waals surface area contributed by atoms with Gasteiger partial charge in [0, 0.05) is 7.11 Å². The van der Waals surface area contributed by atoms with Crippen LogP contribution in [0.2, 0.25) is 0 Å². The van der Waals surface area contributed by atoms with Crippen molar-refractivity contribution in [3.05, 3.63) is 0 Å². The Morgan fingerprint density at radius 2 is 1.73 bits per heavy atom. The largest absolute Gasteiger partial charge is 0.481 e. The maximum absolute atomic E-state index is 11.2. The maximum Gasteiger partial charge on any atom is 0.309 e. The van der Waals surface area contributed by atoms with Crippen molar-refractivity contribution in [3.8, 4) is 0 Å². The van der Waals surface area contributed by atoms with Crippen LogP contribution in [-0.2, 0) is 9.53 Å². The molecule has 0 saturated heterocycles. The zero-order valence-electron chi connectivity index (χ0n) is 10.8. The summed E-state index contributed by atoms with van der Waals surface area (Å²) in [6.45, 7) is 9.68. The zero-order valence-corrected chi connectivity index (χ0v) is 10.8. The Kier molecular flexibility index (Phi) is 4.78. The molecule has 0 heterocycles. The molecule has 0 aromatic carbocycles. The Labute approximate surface area is 92.8 Å². The predicted molar refractivity (Wildman–Crippen MR) is 60.9 cm³/mol. The molecule has 0 aliphatic carbocycles. The average molecular weight is 216 g/mol. The van der Waals surface area contributed by atoms with Crippen molar-refractivity contribution in [2.24, 2.45) is 11.3 Å². The fourth-order valence-corrected chi connectivity index (χ4v) is 1.31. The number of rotatable bonds is 6. The monoisotopic (exact) mass is 216 g/mol. The molecule has 3 heteroatoms. The van der Waals surface area contributed by atoms with Crippen LogP contribution in [0, 0.1) is 11.3 Å². The normalized spacial score (nSPS) is 16.5. The highest BCUT2D eigenvalue weighted by atomic mass is 16.5. The van der Waals surface area contributed by atoms with Crippen LogP contribution in [0.25, 0.3) is 0 Å². The molecular formula is C12H24O3. The molecule has 0 aliphatic rings. The van der Waals surface area contributed by atoms with E-state index >= 15 is 0 Å². The highest BCUT2D eigenvalue weighted by Gasteiger charge is 2.37. The highest BCUT2D eigenvalue weighted by Crippen LogP contribution is 2.35. The number of carboxylic acid groups (broad SMARTS) is 1. The third-order valence-corrected chi connectivity index (χ3v) is 3.56. The molecule has 0 bridgehead atoms. The lowest BCUT2D eigenvalue weighted by molar-refractivity contribution is -0.152. The van der Waals surface area contributed by atoms with E-state index in [0.29, 0.717) is 6.42 Å². The summed E-state index contributed by atoms with van der Waals surface area (Å²) in [5.74, 6) is -0.591. The first kappa shape index (κ1) is 14.4. The molecule has 15 heavy (non-hydrogen) atoms. The van der Waals surface area contributed by atoms with Gasteiger partial charge in [-0.3, -0.25) is 4.79 Å². The SMILES string of the molecule is COC(C)(C)CCC(C)(C(=O)O)C(C)C. The maximum atomic E-state index is 11.2. The topological polar surface area (TPSA) is 46.5 Å². The van der Waals surface area contributed by atoms with Crippen LogP contribution in [0.1, 0.15) is 47.5 Å². The molecule has 0 aromatic rings. The minimum absolute atomic E-state index is 0.127. The van der Waals surface area contributed by atoms with Crippen LogP contribution in [0.4, 0.5) is 0 Å². The first-order chi connectivity index (χ1) is 6.65. The Morgan fingerprint density at radius 3 is 2.00 bits per heavy atom. The molecule has 0 rings (SSSR count). The second-order valence-electron chi connectivity index (χ2n) is 5.34. The van der Waals surface area contributed by atoms with Gasteiger partial charge in [-0.15, -0.1) is 0 Å². The van der Waals surface area contributed by atoms with Crippen LogP contribution in [0.3, 0.4) is 0 Å². The standard InChI is InChI=1S/C12H24O3/c1-9(2)12(5,10(13)14)8-7-11(3,4)15-6/h9H,7-8H2,1-6H3,(H,13,14). The number of hydrogen-bond donors (Lipinski definition) is 1. The van der Waals surface area contributed by atoms with E-state index in [9.17, 15) is 9.90 Å². The van der Waals surface area contributed by atoms with Crippen molar-refractivity contribution < 1.29 is 14.6 Å². The molecule has 0 saturated carbocycles. The Balaban J connectivity index is 4.52. The number of aliphatic carboxylic acids is 1. The van der Waals surface area contributed by atoms with E-state index < -0.39 is 11.4 Å². The summed E-state index contributed by atoms with van der Waals surface area (Å²) in [4.78, 5) is 11.2. The lowest BCUT2D eigenvalue weighted by Gasteiger charge is -2.33. The first-order valence-corrected chi connectivity index (χ1v) is 5.44. The van der Waals surface area contributed by atoms with Crippen LogP contribution in [0.5, 0.6) is 0 Å². The molecule has 0 aromatic heterocycles. The van der Waals surface area contributed by atoms with Crippen molar-refractivity contribution >= 4 is 5.97 Å². The first-order valence-electron chi connectivity index (χ1n) is 5.44. The smallest absolute Gasteiger partial charge is 0.309 e. The number of methoxy groups -OCH3 is 1. The van der Waals surface area contributed by atoms with Crippen molar-refractivity contribution in [3.63, 3.8) is 0 Å². The van der Waals surface area contributed by atoms with Gasteiger partial charge in [0.2, 0.25) is 0 Å². The molecule has 90 valence electrons. The molecule has 0 aliphatic heterocycles. The molecule has 1 N–H and O–H groups in total. The van der Waals surface area contributed by atoms with Gasteiger partial charge in [-0.1, -0.05) is 13.8 Å². The molecule has 1 unspecified atom stereocenters. The van der Waals surface area contributed by atoms with E-state index in [4.69, 9.17) is 4.74 Å². The van der Waals surface area contributed by atoms with Gasteiger partial charge in [0.25, 0.3) is 0 Å². The summed E-state index contributed by atoms with van der Waals surface area (Å²) in [6, 6.07) is 0. The molecule has 1 atom stereocenters. The highest BCUT2D eigenvalue weighted by molar-refractivity contribution is 5.74.